The zero-order chi connectivity index (χ0) is 22.9. The van der Waals surface area contributed by atoms with E-state index in [0.717, 1.165) is 9.80 Å². The number of pyridine rings is 1. The zero-order valence-corrected chi connectivity index (χ0v) is 18.8. The van der Waals surface area contributed by atoms with E-state index in [9.17, 15) is 14.4 Å². The summed E-state index contributed by atoms with van der Waals surface area (Å²) < 4.78 is 11.0. The lowest BCUT2D eigenvalue weighted by molar-refractivity contribution is -0.149. The molecule has 1 N–H and O–H groups in total. The summed E-state index contributed by atoms with van der Waals surface area (Å²) in [5.41, 5.74) is 0.255. The van der Waals surface area contributed by atoms with Crippen LogP contribution in [0.15, 0.2) is 30.5 Å². The van der Waals surface area contributed by atoms with Gasteiger partial charge in [-0.3, -0.25) is 24.2 Å². The summed E-state index contributed by atoms with van der Waals surface area (Å²) in [5, 5.41) is 3.07. The first-order valence-corrected chi connectivity index (χ1v) is 9.87. The van der Waals surface area contributed by atoms with Crippen molar-refractivity contribution in [3.05, 3.63) is 40.5 Å². The van der Waals surface area contributed by atoms with Crippen LogP contribution in [0.2, 0.25) is 10.0 Å². The lowest BCUT2D eigenvalue weighted by Crippen LogP contribution is -2.59. The smallest absolute Gasteiger partial charge is 0.250 e. The van der Waals surface area contributed by atoms with Gasteiger partial charge in [-0.25, -0.2) is 4.98 Å². The van der Waals surface area contributed by atoms with E-state index >= 15 is 0 Å². The fourth-order valence-corrected chi connectivity index (χ4v) is 3.36. The Morgan fingerprint density at radius 1 is 1.13 bits per heavy atom. The molecule has 31 heavy (non-hydrogen) atoms. The number of hydrogen-bond acceptors (Lipinski definition) is 7. The average Bonchev–Trinajstić information content (AvgIpc) is 2.73. The topological polar surface area (TPSA) is 101 Å². The predicted octanol–water partition coefficient (Wildman–Crippen LogP) is 2.96. The van der Waals surface area contributed by atoms with Crippen LogP contribution in [0.3, 0.4) is 0 Å². The number of thiocarbonyl (C=S) groups is 1. The molecule has 0 unspecified atom stereocenters. The standard InChI is InChI=1S/C19H16Cl2N4O5S/c1-24-17(27)14(18(28)25(2)19(24)31)15(26)23-10-4-5-12(29-3)13(7-10)30-16-11(21)6-9(20)8-22-16/h4-8,14H,1-3H3,(H,23,26). The molecule has 1 aliphatic rings. The fourth-order valence-electron chi connectivity index (χ4n) is 2.76. The molecule has 1 fully saturated rings. The van der Waals surface area contributed by atoms with Crippen molar-refractivity contribution in [2.45, 2.75) is 0 Å². The normalized spacial score (nSPS) is 14.7. The minimum atomic E-state index is -1.57. The highest BCUT2D eigenvalue weighted by molar-refractivity contribution is 7.80. The quantitative estimate of drug-likeness (QED) is 0.516. The van der Waals surface area contributed by atoms with Crippen molar-refractivity contribution >= 4 is 63.9 Å². The molecule has 0 aliphatic carbocycles. The van der Waals surface area contributed by atoms with Gasteiger partial charge in [0.15, 0.2) is 22.5 Å². The number of rotatable bonds is 5. The Balaban J connectivity index is 1.86. The van der Waals surface area contributed by atoms with Gasteiger partial charge in [-0.2, -0.15) is 0 Å². The second kappa shape index (κ2) is 9.04. The molecule has 1 aromatic heterocycles. The molecule has 1 saturated heterocycles. The van der Waals surface area contributed by atoms with Crippen molar-refractivity contribution in [1.82, 2.24) is 14.8 Å². The van der Waals surface area contributed by atoms with Gasteiger partial charge < -0.3 is 14.8 Å². The van der Waals surface area contributed by atoms with E-state index in [0.29, 0.717) is 10.8 Å². The first-order chi connectivity index (χ1) is 14.6. The minimum Gasteiger partial charge on any atom is -0.493 e. The number of ether oxygens (including phenoxy) is 2. The Hall–Kier alpha value is -2.95. The zero-order valence-electron chi connectivity index (χ0n) is 16.5. The number of nitrogens with one attached hydrogen (secondary N) is 1. The largest absolute Gasteiger partial charge is 0.493 e. The maximum absolute atomic E-state index is 12.7. The Kier molecular flexibility index (Phi) is 6.63. The third-order valence-electron chi connectivity index (χ3n) is 4.40. The van der Waals surface area contributed by atoms with Crippen LogP contribution >= 0.6 is 35.4 Å². The monoisotopic (exact) mass is 482 g/mol. The summed E-state index contributed by atoms with van der Waals surface area (Å²) in [4.78, 5) is 43.8. The van der Waals surface area contributed by atoms with Crippen molar-refractivity contribution in [2.75, 3.05) is 26.5 Å². The van der Waals surface area contributed by atoms with E-state index in [2.05, 4.69) is 10.3 Å². The number of nitrogens with zero attached hydrogens (tertiary/aromatic N) is 3. The molecule has 0 spiro atoms. The maximum Gasteiger partial charge on any atom is 0.250 e. The molecule has 0 bridgehead atoms. The van der Waals surface area contributed by atoms with Gasteiger partial charge in [-0.1, -0.05) is 23.2 Å². The molecular weight excluding hydrogens is 467 g/mol. The summed E-state index contributed by atoms with van der Waals surface area (Å²) in [6.45, 7) is 0. The average molecular weight is 483 g/mol. The van der Waals surface area contributed by atoms with Crippen LogP contribution in [0, 0.1) is 5.92 Å². The van der Waals surface area contributed by atoms with E-state index in [-0.39, 0.29) is 27.5 Å². The molecular formula is C19H16Cl2N4O5S. The molecule has 2 aromatic rings. The van der Waals surface area contributed by atoms with Gasteiger partial charge in [0, 0.05) is 32.0 Å². The Morgan fingerprint density at radius 2 is 1.77 bits per heavy atom. The number of aromatic nitrogens is 1. The molecule has 0 radical (unpaired) electrons. The molecule has 9 nitrogen and oxygen atoms in total. The third-order valence-corrected chi connectivity index (χ3v) is 5.43. The minimum absolute atomic E-state index is 0.0199. The van der Waals surface area contributed by atoms with E-state index in [1.165, 1.54) is 51.7 Å². The summed E-state index contributed by atoms with van der Waals surface area (Å²) in [6, 6.07) is 5.96. The van der Waals surface area contributed by atoms with Crippen LogP contribution in [0.25, 0.3) is 0 Å². The lowest BCUT2D eigenvalue weighted by atomic mass is 10.0. The van der Waals surface area contributed by atoms with Gasteiger partial charge in [-0.05, 0) is 30.4 Å². The number of methoxy groups -OCH3 is 1. The molecule has 0 atom stereocenters. The van der Waals surface area contributed by atoms with Crippen LogP contribution in [-0.4, -0.2) is 58.8 Å². The first-order valence-electron chi connectivity index (χ1n) is 8.71. The summed E-state index contributed by atoms with van der Waals surface area (Å²) in [5.74, 6) is -3.22. The van der Waals surface area contributed by atoms with E-state index in [1.807, 2.05) is 0 Å². The van der Waals surface area contributed by atoms with Gasteiger partial charge in [0.05, 0.1) is 12.1 Å². The van der Waals surface area contributed by atoms with E-state index in [1.54, 1.807) is 0 Å². The SMILES string of the molecule is COc1ccc(NC(=O)C2C(=O)N(C)C(=S)N(C)C2=O)cc1Oc1ncc(Cl)cc1Cl. The number of carbonyl (C=O) groups excluding carboxylic acids is 3. The second-order valence-corrected chi connectivity index (χ2v) is 7.62. The van der Waals surface area contributed by atoms with Crippen molar-refractivity contribution in [2.24, 2.45) is 5.92 Å². The fraction of sp³-hybridized carbons (Fsp3) is 0.211. The summed E-state index contributed by atoms with van der Waals surface area (Å²) in [7, 11) is 4.23. The Bertz CT molecular complexity index is 1070. The number of carbonyl (C=O) groups is 3. The van der Waals surface area contributed by atoms with Crippen LogP contribution in [-0.2, 0) is 14.4 Å². The van der Waals surface area contributed by atoms with Gasteiger partial charge in [0.25, 0.3) is 11.8 Å². The molecule has 3 amide bonds. The van der Waals surface area contributed by atoms with Crippen molar-refractivity contribution < 1.29 is 23.9 Å². The van der Waals surface area contributed by atoms with Crippen molar-refractivity contribution in [1.29, 1.82) is 0 Å². The Morgan fingerprint density at radius 3 is 2.35 bits per heavy atom. The molecule has 162 valence electrons. The molecule has 1 aliphatic heterocycles. The van der Waals surface area contributed by atoms with Crippen LogP contribution in [0.4, 0.5) is 5.69 Å². The highest BCUT2D eigenvalue weighted by Crippen LogP contribution is 2.36. The van der Waals surface area contributed by atoms with Gasteiger partial charge in [-0.15, -0.1) is 0 Å². The lowest BCUT2D eigenvalue weighted by Gasteiger charge is -2.34. The summed E-state index contributed by atoms with van der Waals surface area (Å²) >= 11 is 17.0. The first kappa shape index (κ1) is 22.7. The molecule has 1 aromatic carbocycles. The second-order valence-electron chi connectivity index (χ2n) is 6.41. The van der Waals surface area contributed by atoms with Crippen molar-refractivity contribution in [3.63, 3.8) is 0 Å². The van der Waals surface area contributed by atoms with Crippen molar-refractivity contribution in [3.8, 4) is 17.4 Å². The molecule has 12 heteroatoms. The number of halogens is 2. The van der Waals surface area contributed by atoms with Crippen LogP contribution in [0.1, 0.15) is 0 Å². The number of anilines is 1. The predicted molar refractivity (Wildman–Crippen MR) is 118 cm³/mol. The number of amides is 3. The van der Waals surface area contributed by atoms with Crippen LogP contribution < -0.4 is 14.8 Å². The number of benzene rings is 1. The highest BCUT2D eigenvalue weighted by Gasteiger charge is 2.45. The van der Waals surface area contributed by atoms with Gasteiger partial charge in [0.1, 0.15) is 5.02 Å². The summed E-state index contributed by atoms with van der Waals surface area (Å²) in [6.07, 6.45) is 1.36. The Labute approximate surface area is 192 Å². The molecule has 2 heterocycles. The van der Waals surface area contributed by atoms with Gasteiger partial charge in [0.2, 0.25) is 11.8 Å². The van der Waals surface area contributed by atoms with Gasteiger partial charge >= 0.3 is 0 Å². The highest BCUT2D eigenvalue weighted by atomic mass is 35.5. The third kappa shape index (κ3) is 4.55. The molecule has 0 saturated carbocycles. The number of hydrogen-bond donors (Lipinski definition) is 1. The van der Waals surface area contributed by atoms with E-state index < -0.39 is 23.6 Å². The van der Waals surface area contributed by atoms with Crippen LogP contribution in [0.5, 0.6) is 17.4 Å². The maximum atomic E-state index is 12.7. The van der Waals surface area contributed by atoms with E-state index in [4.69, 9.17) is 44.9 Å². The molecule has 3 rings (SSSR count).